The molecule has 2 rings (SSSR count). The van der Waals surface area contributed by atoms with Gasteiger partial charge in [0.05, 0.1) is 25.9 Å². The first-order valence-electron chi connectivity index (χ1n) is 8.80. The molecule has 170 valence electrons. The second kappa shape index (κ2) is 10.3. The number of carboxylic acid groups (broad SMARTS) is 1. The summed E-state index contributed by atoms with van der Waals surface area (Å²) in [5.41, 5.74) is 5.72. The molecule has 0 aromatic carbocycles. The lowest BCUT2D eigenvalue weighted by molar-refractivity contribution is -0.341. The summed E-state index contributed by atoms with van der Waals surface area (Å²) in [6.45, 7) is -1.87. The van der Waals surface area contributed by atoms with Crippen LogP contribution in [-0.2, 0) is 23.7 Å². The maximum absolute atomic E-state index is 11.6. The fourth-order valence-electron chi connectivity index (χ4n) is 2.96. The normalized spacial score (nSPS) is 44.4. The van der Waals surface area contributed by atoms with Gasteiger partial charge in [0.2, 0.25) is 0 Å². The van der Waals surface area contributed by atoms with Gasteiger partial charge in [-0.25, -0.2) is 4.79 Å². The summed E-state index contributed by atoms with van der Waals surface area (Å²) in [7, 11) is 0. The van der Waals surface area contributed by atoms with E-state index in [1.165, 1.54) is 0 Å². The van der Waals surface area contributed by atoms with E-state index in [-0.39, 0.29) is 0 Å². The molecule has 0 saturated carbocycles. The van der Waals surface area contributed by atoms with Crippen LogP contribution in [0, 0.1) is 0 Å². The van der Waals surface area contributed by atoms with Crippen molar-refractivity contribution in [1.82, 2.24) is 0 Å². The van der Waals surface area contributed by atoms with Crippen LogP contribution in [0.1, 0.15) is 0 Å². The molecule has 0 aromatic rings. The second-order valence-corrected chi connectivity index (χ2v) is 6.80. The predicted octanol–water partition coefficient (Wildman–Crippen LogP) is -5.96. The van der Waals surface area contributed by atoms with Gasteiger partial charge < -0.3 is 65.5 Å². The average Bonchev–Trinajstić information content (AvgIpc) is 2.70. The van der Waals surface area contributed by atoms with E-state index >= 15 is 0 Å². The maximum atomic E-state index is 11.6. The van der Waals surface area contributed by atoms with Crippen molar-refractivity contribution in [2.24, 2.45) is 5.73 Å². The number of nitrogens with two attached hydrogens (primary N) is 1. The van der Waals surface area contributed by atoms with E-state index < -0.39 is 93.2 Å². The lowest BCUT2D eigenvalue weighted by atomic mass is 9.96. The SMILES string of the molecule is N[C@H]1[C@@H](O[C@@H]2[C@@H](O)[C@H](O)[C@@H](OCC(O)CO)O[C@@H]2C(=O)O)O[C@H](CO)[C@@H](O)[C@@H]1O. The van der Waals surface area contributed by atoms with Crippen molar-refractivity contribution >= 4 is 5.97 Å². The third kappa shape index (κ3) is 5.38. The van der Waals surface area contributed by atoms with Gasteiger partial charge in [0, 0.05) is 0 Å². The molecule has 14 heteroatoms. The molecular weight excluding hydrogens is 402 g/mol. The molecule has 2 aliphatic rings. The van der Waals surface area contributed by atoms with Crippen LogP contribution in [0.5, 0.6) is 0 Å². The molecule has 29 heavy (non-hydrogen) atoms. The average molecular weight is 429 g/mol. The minimum absolute atomic E-state index is 0.512. The highest BCUT2D eigenvalue weighted by molar-refractivity contribution is 5.73. The molecule has 2 saturated heterocycles. The van der Waals surface area contributed by atoms with Crippen molar-refractivity contribution in [3.05, 3.63) is 0 Å². The molecule has 0 amide bonds. The zero-order valence-electron chi connectivity index (χ0n) is 15.2. The van der Waals surface area contributed by atoms with Crippen molar-refractivity contribution in [3.63, 3.8) is 0 Å². The lowest BCUT2D eigenvalue weighted by Gasteiger charge is -2.45. The Kier molecular flexibility index (Phi) is 8.65. The molecule has 2 fully saturated rings. The fourth-order valence-corrected chi connectivity index (χ4v) is 2.96. The number of carboxylic acids is 1. The predicted molar refractivity (Wildman–Crippen MR) is 88.0 cm³/mol. The van der Waals surface area contributed by atoms with Crippen LogP contribution in [0.3, 0.4) is 0 Å². The molecule has 2 heterocycles. The summed E-state index contributed by atoms with van der Waals surface area (Å²) in [5.74, 6) is -1.60. The van der Waals surface area contributed by atoms with Crippen LogP contribution in [0.2, 0.25) is 0 Å². The number of hydrogen-bond acceptors (Lipinski definition) is 13. The molecule has 1 unspecified atom stereocenters. The third-order valence-corrected chi connectivity index (χ3v) is 4.67. The lowest BCUT2D eigenvalue weighted by Crippen LogP contribution is -2.67. The Bertz CT molecular complexity index is 536. The Labute approximate surface area is 164 Å². The topological polar surface area (TPSA) is 242 Å². The zero-order chi connectivity index (χ0) is 21.9. The van der Waals surface area contributed by atoms with Gasteiger partial charge in [-0.3, -0.25) is 0 Å². The van der Waals surface area contributed by atoms with E-state index in [0.717, 1.165) is 0 Å². The van der Waals surface area contributed by atoms with Crippen LogP contribution in [0.4, 0.5) is 0 Å². The fraction of sp³-hybridized carbons (Fsp3) is 0.933. The van der Waals surface area contributed by atoms with E-state index in [2.05, 4.69) is 0 Å². The standard InChI is InChI=1S/C15H27NO13/c16-6-8(21)7(20)5(2-18)27-14(6)28-11-9(22)10(23)15(26-3-4(19)1-17)29-12(11)13(24)25/h4-12,14-15,17-23H,1-3,16H2,(H,24,25)/t4?,5-,6-,7-,8-,9+,10+,11-,12+,14-,15+/m1/s1. The van der Waals surface area contributed by atoms with Gasteiger partial charge in [-0.15, -0.1) is 0 Å². The van der Waals surface area contributed by atoms with E-state index in [9.17, 15) is 40.5 Å². The third-order valence-electron chi connectivity index (χ3n) is 4.67. The van der Waals surface area contributed by atoms with Gasteiger partial charge in [-0.05, 0) is 0 Å². The first kappa shape index (κ1) is 24.3. The minimum atomic E-state index is -1.88. The summed E-state index contributed by atoms with van der Waals surface area (Å²) < 4.78 is 20.7. The van der Waals surface area contributed by atoms with Gasteiger partial charge >= 0.3 is 5.97 Å². The smallest absolute Gasteiger partial charge is 0.335 e. The first-order valence-corrected chi connectivity index (χ1v) is 8.80. The van der Waals surface area contributed by atoms with Gasteiger partial charge in [0.25, 0.3) is 0 Å². The summed E-state index contributed by atoms with van der Waals surface area (Å²) in [6, 6.07) is -1.37. The number of aliphatic carboxylic acids is 1. The Balaban J connectivity index is 2.13. The summed E-state index contributed by atoms with van der Waals surface area (Å²) in [4.78, 5) is 11.6. The van der Waals surface area contributed by atoms with Crippen LogP contribution in [-0.4, -0.2) is 134 Å². The van der Waals surface area contributed by atoms with E-state index in [1.807, 2.05) is 0 Å². The molecule has 0 aromatic heterocycles. The van der Waals surface area contributed by atoms with E-state index in [0.29, 0.717) is 0 Å². The van der Waals surface area contributed by atoms with Crippen molar-refractivity contribution in [2.45, 2.75) is 67.5 Å². The zero-order valence-corrected chi connectivity index (χ0v) is 15.2. The van der Waals surface area contributed by atoms with Crippen molar-refractivity contribution in [2.75, 3.05) is 19.8 Å². The van der Waals surface area contributed by atoms with Gasteiger partial charge in [0.1, 0.15) is 42.7 Å². The van der Waals surface area contributed by atoms with Crippen molar-refractivity contribution in [3.8, 4) is 0 Å². The Hall–Kier alpha value is -1.01. The highest BCUT2D eigenvalue weighted by Crippen LogP contribution is 2.29. The van der Waals surface area contributed by atoms with E-state index in [4.69, 9.17) is 29.8 Å². The highest BCUT2D eigenvalue weighted by Gasteiger charge is 2.52. The molecule has 0 spiro atoms. The quantitative estimate of drug-likeness (QED) is 0.174. The number of aliphatic hydroxyl groups excluding tert-OH is 7. The highest BCUT2D eigenvalue weighted by atomic mass is 16.7. The van der Waals surface area contributed by atoms with Gasteiger partial charge in [-0.2, -0.15) is 0 Å². The number of rotatable bonds is 8. The van der Waals surface area contributed by atoms with Crippen LogP contribution in [0.25, 0.3) is 0 Å². The minimum Gasteiger partial charge on any atom is -0.479 e. The summed E-state index contributed by atoms with van der Waals surface area (Å²) in [5, 5.41) is 76.9. The van der Waals surface area contributed by atoms with Crippen LogP contribution in [0.15, 0.2) is 0 Å². The van der Waals surface area contributed by atoms with Crippen LogP contribution >= 0.6 is 0 Å². The number of ether oxygens (including phenoxy) is 4. The number of hydrogen-bond donors (Lipinski definition) is 9. The van der Waals surface area contributed by atoms with E-state index in [1.54, 1.807) is 0 Å². The molecule has 10 N–H and O–H groups in total. The first-order chi connectivity index (χ1) is 13.6. The van der Waals surface area contributed by atoms with Gasteiger partial charge in [-0.1, -0.05) is 0 Å². The van der Waals surface area contributed by atoms with Gasteiger partial charge in [0.15, 0.2) is 18.7 Å². The monoisotopic (exact) mass is 429 g/mol. The summed E-state index contributed by atoms with van der Waals surface area (Å²) >= 11 is 0. The Morgan fingerprint density at radius 2 is 1.66 bits per heavy atom. The molecule has 11 atom stereocenters. The van der Waals surface area contributed by atoms with Crippen molar-refractivity contribution in [1.29, 1.82) is 0 Å². The Morgan fingerprint density at radius 1 is 1.00 bits per heavy atom. The molecule has 0 aliphatic carbocycles. The van der Waals surface area contributed by atoms with Crippen LogP contribution < -0.4 is 5.73 Å². The largest absolute Gasteiger partial charge is 0.479 e. The Morgan fingerprint density at radius 3 is 2.21 bits per heavy atom. The summed E-state index contributed by atoms with van der Waals surface area (Å²) in [6.07, 6.45) is -16.3. The number of carbonyl (C=O) groups is 1. The molecule has 0 bridgehead atoms. The molecule has 0 radical (unpaired) electrons. The number of aliphatic hydroxyl groups is 7. The molecular formula is C15H27NO13. The van der Waals surface area contributed by atoms with Crippen molar-refractivity contribution < 1.29 is 64.6 Å². The second-order valence-electron chi connectivity index (χ2n) is 6.80. The maximum Gasteiger partial charge on any atom is 0.335 e. The molecule has 2 aliphatic heterocycles. The molecule has 14 nitrogen and oxygen atoms in total.